The third-order valence-electron chi connectivity index (χ3n) is 5.91. The molecule has 1 amide bonds. The molecule has 6 heteroatoms. The van der Waals surface area contributed by atoms with Crippen molar-refractivity contribution in [2.45, 2.75) is 31.8 Å². The van der Waals surface area contributed by atoms with Gasteiger partial charge in [-0.2, -0.15) is 0 Å². The van der Waals surface area contributed by atoms with Gasteiger partial charge in [-0.3, -0.25) is 4.79 Å². The molecule has 30 heavy (non-hydrogen) atoms. The first-order valence-corrected chi connectivity index (χ1v) is 9.97. The lowest BCUT2D eigenvalue weighted by molar-refractivity contribution is -0.118. The average Bonchev–Trinajstić information content (AvgIpc) is 3.45. The number of carbonyl (C=O) groups is 1. The smallest absolute Gasteiger partial charge is 0.236 e. The molecule has 2 heterocycles. The normalized spacial score (nSPS) is 15.7. The minimum absolute atomic E-state index is 0. The van der Waals surface area contributed by atoms with Crippen LogP contribution in [0.1, 0.15) is 32.4 Å². The molecule has 0 saturated heterocycles. The Hall–Kier alpha value is -3.38. The number of benzene rings is 2. The molecule has 2 aliphatic rings. The molecule has 1 aliphatic carbocycles. The second kappa shape index (κ2) is 7.15. The molecule has 2 N–H and O–H groups in total. The molecule has 2 aromatic carbocycles. The number of aliphatic hydroxyl groups excluding tert-OH is 1. The van der Waals surface area contributed by atoms with Gasteiger partial charge < -0.3 is 19.9 Å². The zero-order valence-corrected chi connectivity index (χ0v) is 16.6. The lowest BCUT2D eigenvalue weighted by atomic mass is 9.94. The van der Waals surface area contributed by atoms with Crippen LogP contribution < -0.4 is 14.8 Å². The number of aromatic nitrogens is 1. The summed E-state index contributed by atoms with van der Waals surface area (Å²) in [4.78, 5) is 17.6. The molecule has 1 aliphatic heterocycles. The molecular weight excluding hydrogens is 380 g/mol. The van der Waals surface area contributed by atoms with E-state index in [1.807, 2.05) is 55.5 Å². The van der Waals surface area contributed by atoms with E-state index in [0.717, 1.165) is 46.4 Å². The molecule has 156 valence electrons. The molecule has 1 aromatic heterocycles. The fourth-order valence-electron chi connectivity index (χ4n) is 3.92. The van der Waals surface area contributed by atoms with Gasteiger partial charge in [0.2, 0.25) is 12.7 Å². The quantitative estimate of drug-likeness (QED) is 0.655. The summed E-state index contributed by atoms with van der Waals surface area (Å²) in [7, 11) is 0. The Bertz CT molecular complexity index is 1130. The highest BCUT2D eigenvalue weighted by Gasteiger charge is 2.51. The van der Waals surface area contributed by atoms with Crippen LogP contribution >= 0.6 is 0 Å². The predicted octanol–water partition coefficient (Wildman–Crippen LogP) is 4.44. The van der Waals surface area contributed by atoms with Crippen LogP contribution in [0.2, 0.25) is 0 Å². The van der Waals surface area contributed by atoms with E-state index in [2.05, 4.69) is 10.3 Å². The van der Waals surface area contributed by atoms with Crippen LogP contribution in [0.3, 0.4) is 0 Å². The summed E-state index contributed by atoms with van der Waals surface area (Å²) in [6.07, 6.45) is 3.37. The Balaban J connectivity index is 0.00000144. The van der Waals surface area contributed by atoms with Gasteiger partial charge in [0.05, 0.1) is 12.0 Å². The molecule has 3 aromatic rings. The Morgan fingerprint density at radius 1 is 1.13 bits per heavy atom. The Morgan fingerprint density at radius 2 is 1.90 bits per heavy atom. The number of pyridine rings is 1. The topological polar surface area (TPSA) is 80.7 Å². The second-order valence-corrected chi connectivity index (χ2v) is 7.84. The maximum absolute atomic E-state index is 13.1. The minimum Gasteiger partial charge on any atom is -0.454 e. The van der Waals surface area contributed by atoms with Gasteiger partial charge in [-0.25, -0.2) is 4.98 Å². The van der Waals surface area contributed by atoms with Crippen LogP contribution in [0, 0.1) is 6.92 Å². The molecule has 0 radical (unpaired) electrons. The minimum atomic E-state index is -0.532. The largest absolute Gasteiger partial charge is 0.454 e. The second-order valence-electron chi connectivity index (χ2n) is 7.84. The summed E-state index contributed by atoms with van der Waals surface area (Å²) in [5, 5.41) is 12.2. The highest BCUT2D eigenvalue weighted by atomic mass is 16.7. The first kappa shape index (κ1) is 18.6. The van der Waals surface area contributed by atoms with E-state index in [1.54, 1.807) is 6.20 Å². The van der Waals surface area contributed by atoms with Crippen molar-refractivity contribution in [1.29, 1.82) is 0 Å². The number of aryl methyl sites for hydroxylation is 1. The van der Waals surface area contributed by atoms with Crippen molar-refractivity contribution >= 4 is 11.7 Å². The molecule has 6 nitrogen and oxygen atoms in total. The van der Waals surface area contributed by atoms with Gasteiger partial charge >= 0.3 is 0 Å². The molecule has 0 bridgehead atoms. The third kappa shape index (κ3) is 3.19. The Labute approximate surface area is 177 Å². The zero-order valence-electron chi connectivity index (χ0n) is 16.6. The van der Waals surface area contributed by atoms with Gasteiger partial charge in [-0.05, 0) is 60.2 Å². The number of fused-ring (bicyclic) bond motifs is 1. The van der Waals surface area contributed by atoms with Crippen molar-refractivity contribution in [3.8, 4) is 22.6 Å². The monoisotopic (exact) mass is 406 g/mol. The average molecular weight is 406 g/mol. The number of aliphatic hydroxyl groups is 1. The number of hydrogen-bond donors (Lipinski definition) is 2. The van der Waals surface area contributed by atoms with E-state index >= 15 is 0 Å². The molecule has 0 spiro atoms. The van der Waals surface area contributed by atoms with Crippen molar-refractivity contribution in [2.24, 2.45) is 0 Å². The van der Waals surface area contributed by atoms with Gasteiger partial charge in [0.15, 0.2) is 11.5 Å². The fourth-order valence-corrected chi connectivity index (χ4v) is 3.92. The number of nitrogens with zero attached hydrogens (tertiary/aromatic N) is 1. The first-order chi connectivity index (χ1) is 14.6. The summed E-state index contributed by atoms with van der Waals surface area (Å²) in [5.74, 6) is 1.90. The van der Waals surface area contributed by atoms with Gasteiger partial charge in [0, 0.05) is 14.6 Å². The summed E-state index contributed by atoms with van der Waals surface area (Å²) < 4.78 is 10.8. The molecule has 5 rings (SSSR count). The molecule has 0 atom stereocenters. The van der Waals surface area contributed by atoms with Crippen molar-refractivity contribution in [2.75, 3.05) is 12.1 Å². The van der Waals surface area contributed by atoms with E-state index in [4.69, 9.17) is 9.47 Å². The number of hydrogen-bond acceptors (Lipinski definition) is 5. The van der Waals surface area contributed by atoms with Crippen molar-refractivity contribution in [1.82, 2.24) is 4.98 Å². The maximum Gasteiger partial charge on any atom is 0.236 e. The number of nitrogens with one attached hydrogen (secondary N) is 1. The van der Waals surface area contributed by atoms with E-state index < -0.39 is 5.41 Å². The van der Waals surface area contributed by atoms with Gasteiger partial charge in [0.25, 0.3) is 0 Å². The number of rotatable bonds is 5. The van der Waals surface area contributed by atoms with Crippen LogP contribution in [0.4, 0.5) is 5.82 Å². The molecule has 1 fully saturated rings. The van der Waals surface area contributed by atoms with E-state index in [9.17, 15) is 9.90 Å². The number of anilines is 1. The Kier molecular flexibility index (Phi) is 4.44. The highest BCUT2D eigenvalue weighted by Crippen LogP contribution is 2.51. The zero-order chi connectivity index (χ0) is 20.7. The van der Waals surface area contributed by atoms with Crippen LogP contribution in [-0.4, -0.2) is 22.8 Å². The molecule has 0 unspecified atom stereocenters. The number of carbonyl (C=O) groups excluding carboxylic acids is 1. The van der Waals surface area contributed by atoms with Crippen LogP contribution in [-0.2, 0) is 16.8 Å². The summed E-state index contributed by atoms with van der Waals surface area (Å²) in [5.41, 5.74) is 4.32. The van der Waals surface area contributed by atoms with E-state index in [-0.39, 0.29) is 22.2 Å². The standard InChI is InChI=1S/C24H22N2O4.2H2/c1-15-10-22(25-12-19(15)17-4-2-16(13-27)3-5-17)26-23(28)24(8-9-24)18-6-7-20-21(11-18)30-14-29-20;;/h2-7,10-12,27H,8-9,13-14H2,1H3,(H,25,26,28);2*1H. The Morgan fingerprint density at radius 3 is 2.60 bits per heavy atom. The van der Waals surface area contributed by atoms with E-state index in [0.29, 0.717) is 11.6 Å². The fraction of sp³-hybridized carbons (Fsp3) is 0.250. The van der Waals surface area contributed by atoms with Crippen molar-refractivity contribution < 1.29 is 22.2 Å². The summed E-state index contributed by atoms with van der Waals surface area (Å²) in [6, 6.07) is 15.3. The molecular formula is C24H26N2O4. The summed E-state index contributed by atoms with van der Waals surface area (Å²) >= 11 is 0. The maximum atomic E-state index is 13.1. The lowest BCUT2D eigenvalue weighted by Gasteiger charge is -2.16. The van der Waals surface area contributed by atoms with Crippen molar-refractivity contribution in [3.63, 3.8) is 0 Å². The lowest BCUT2D eigenvalue weighted by Crippen LogP contribution is -2.28. The first-order valence-electron chi connectivity index (χ1n) is 9.97. The summed E-state index contributed by atoms with van der Waals surface area (Å²) in [6.45, 7) is 2.24. The van der Waals surface area contributed by atoms with Gasteiger partial charge in [0.1, 0.15) is 5.82 Å². The van der Waals surface area contributed by atoms with Crippen molar-refractivity contribution in [3.05, 3.63) is 71.4 Å². The predicted molar refractivity (Wildman–Crippen MR) is 117 cm³/mol. The van der Waals surface area contributed by atoms with Crippen LogP contribution in [0.25, 0.3) is 11.1 Å². The number of ether oxygens (including phenoxy) is 2. The van der Waals surface area contributed by atoms with Crippen LogP contribution in [0.5, 0.6) is 11.5 Å². The van der Waals surface area contributed by atoms with Crippen LogP contribution in [0.15, 0.2) is 54.7 Å². The third-order valence-corrected chi connectivity index (χ3v) is 5.91. The number of amides is 1. The van der Waals surface area contributed by atoms with Gasteiger partial charge in [-0.1, -0.05) is 30.3 Å². The van der Waals surface area contributed by atoms with E-state index in [1.165, 1.54) is 0 Å². The molecule has 1 saturated carbocycles. The SMILES string of the molecule is Cc1cc(NC(=O)C2(c3ccc4c(c3)OCO4)CC2)ncc1-c1ccc(CO)cc1.[HH].[HH]. The van der Waals surface area contributed by atoms with Gasteiger partial charge in [-0.15, -0.1) is 0 Å². The highest BCUT2D eigenvalue weighted by molar-refractivity contribution is 6.01.